The van der Waals surface area contributed by atoms with Gasteiger partial charge in [0.1, 0.15) is 35.4 Å². The molecule has 5 heterocycles. The van der Waals surface area contributed by atoms with Crippen LogP contribution in [0.25, 0.3) is 11.3 Å². The van der Waals surface area contributed by atoms with Gasteiger partial charge < -0.3 is 29.7 Å². The van der Waals surface area contributed by atoms with Gasteiger partial charge in [0, 0.05) is 36.7 Å². The Labute approximate surface area is 295 Å². The lowest BCUT2D eigenvalue weighted by Crippen LogP contribution is -2.36. The van der Waals surface area contributed by atoms with Gasteiger partial charge in [0.25, 0.3) is 0 Å². The van der Waals surface area contributed by atoms with E-state index in [1.165, 1.54) is 6.33 Å². The Morgan fingerprint density at radius 3 is 2.22 bits per heavy atom. The summed E-state index contributed by atoms with van der Waals surface area (Å²) in [5.74, 6) is 1.31. The van der Waals surface area contributed by atoms with Gasteiger partial charge in [0.05, 0.1) is 24.1 Å². The van der Waals surface area contributed by atoms with Crippen LogP contribution in [-0.4, -0.2) is 76.4 Å². The van der Waals surface area contributed by atoms with Crippen molar-refractivity contribution in [1.29, 1.82) is 0 Å². The lowest BCUT2D eigenvalue weighted by atomic mass is 10.1. The largest absolute Gasteiger partial charge is 0.445 e. The summed E-state index contributed by atoms with van der Waals surface area (Å²) in [6.07, 6.45) is 7.29. The van der Waals surface area contributed by atoms with E-state index in [9.17, 15) is 14.4 Å². The minimum atomic E-state index is -0.569. The Balaban J connectivity index is 0.981. The Hall–Kier alpha value is -5.92. The van der Waals surface area contributed by atoms with E-state index in [2.05, 4.69) is 30.2 Å². The summed E-state index contributed by atoms with van der Waals surface area (Å²) in [5, 5.41) is 3.25. The molecule has 14 heteroatoms. The van der Waals surface area contributed by atoms with Crippen LogP contribution in [0.1, 0.15) is 91.9 Å². The Kier molecular flexibility index (Phi) is 9.30. The summed E-state index contributed by atoms with van der Waals surface area (Å²) in [7, 11) is 0. The average Bonchev–Trinajstić information content (AvgIpc) is 3.96. The third-order valence-electron chi connectivity index (χ3n) is 8.94. The molecule has 0 radical (unpaired) electrons. The number of ketones is 1. The second-order valence-electron chi connectivity index (χ2n) is 13.7. The highest BCUT2D eigenvalue weighted by Crippen LogP contribution is 2.34. The number of aromatic amines is 3. The van der Waals surface area contributed by atoms with E-state index in [0.717, 1.165) is 47.6 Å². The molecule has 4 N–H and O–H groups in total. The zero-order valence-electron chi connectivity index (χ0n) is 28.8. The Morgan fingerprint density at radius 1 is 0.843 bits per heavy atom. The molecule has 264 valence electrons. The fourth-order valence-corrected chi connectivity index (χ4v) is 6.49. The van der Waals surface area contributed by atoms with Crippen LogP contribution in [-0.2, 0) is 16.1 Å². The highest BCUT2D eigenvalue weighted by Gasteiger charge is 2.36. The minimum Gasteiger partial charge on any atom is -0.445 e. The van der Waals surface area contributed by atoms with Crippen molar-refractivity contribution in [2.45, 2.75) is 70.7 Å². The number of aromatic nitrogens is 6. The van der Waals surface area contributed by atoms with Crippen LogP contribution in [0.2, 0.25) is 0 Å². The summed E-state index contributed by atoms with van der Waals surface area (Å²) < 4.78 is 11.2. The maximum absolute atomic E-state index is 13.6. The van der Waals surface area contributed by atoms with E-state index >= 15 is 0 Å². The molecule has 2 aliphatic rings. The summed E-state index contributed by atoms with van der Waals surface area (Å²) in [4.78, 5) is 65.7. The highest BCUT2D eigenvalue weighted by molar-refractivity contribution is 6.09. The number of hydrogen-bond acceptors (Lipinski definition) is 9. The van der Waals surface area contributed by atoms with Gasteiger partial charge in [-0.05, 0) is 64.2 Å². The van der Waals surface area contributed by atoms with Gasteiger partial charge in [-0.25, -0.2) is 24.5 Å². The summed E-state index contributed by atoms with van der Waals surface area (Å²) in [6.45, 7) is 6.94. The van der Waals surface area contributed by atoms with Crippen molar-refractivity contribution >= 4 is 29.5 Å². The van der Waals surface area contributed by atoms with Crippen molar-refractivity contribution < 1.29 is 23.9 Å². The van der Waals surface area contributed by atoms with Gasteiger partial charge in [-0.2, -0.15) is 0 Å². The van der Waals surface area contributed by atoms with E-state index in [-0.39, 0.29) is 42.0 Å². The number of carbonyl (C=O) groups excluding carboxylic acids is 3. The summed E-state index contributed by atoms with van der Waals surface area (Å²) >= 11 is 0. The smallest absolute Gasteiger partial charge is 0.410 e. The Bertz CT molecular complexity index is 1990. The van der Waals surface area contributed by atoms with Crippen LogP contribution in [0.3, 0.4) is 0 Å². The van der Waals surface area contributed by atoms with Crippen molar-refractivity contribution in [2.75, 3.05) is 18.4 Å². The molecule has 3 aromatic heterocycles. The molecule has 0 unspecified atom stereocenters. The number of likely N-dealkylation sites (tertiary alicyclic amines) is 2. The fourth-order valence-electron chi connectivity index (χ4n) is 6.49. The van der Waals surface area contributed by atoms with Crippen LogP contribution in [0.4, 0.5) is 21.1 Å². The van der Waals surface area contributed by atoms with Crippen LogP contribution in [0, 0.1) is 0 Å². The third-order valence-corrected chi connectivity index (χ3v) is 8.94. The first-order chi connectivity index (χ1) is 24.6. The number of nitrogens with one attached hydrogen (secondary N) is 4. The number of anilines is 2. The molecule has 0 bridgehead atoms. The zero-order chi connectivity index (χ0) is 35.5. The van der Waals surface area contributed by atoms with E-state index in [1.54, 1.807) is 16.0 Å². The van der Waals surface area contributed by atoms with Gasteiger partial charge in [-0.15, -0.1) is 0 Å². The monoisotopic (exact) mass is 691 g/mol. The van der Waals surface area contributed by atoms with Gasteiger partial charge in [-0.3, -0.25) is 14.6 Å². The second kappa shape index (κ2) is 14.1. The number of carbonyl (C=O) groups is 3. The van der Waals surface area contributed by atoms with E-state index in [4.69, 9.17) is 14.5 Å². The number of H-pyrrole nitrogens is 3. The highest BCUT2D eigenvalue weighted by atomic mass is 16.6. The lowest BCUT2D eigenvalue weighted by Gasteiger charge is -2.27. The molecule has 2 amide bonds. The van der Waals surface area contributed by atoms with Gasteiger partial charge in [-0.1, -0.05) is 42.5 Å². The number of ether oxygens (including phenoxy) is 2. The molecule has 2 atom stereocenters. The predicted molar refractivity (Wildman–Crippen MR) is 188 cm³/mol. The second-order valence-corrected chi connectivity index (χ2v) is 13.7. The van der Waals surface area contributed by atoms with Crippen molar-refractivity contribution in [3.63, 3.8) is 0 Å². The zero-order valence-corrected chi connectivity index (χ0v) is 28.8. The molecule has 51 heavy (non-hydrogen) atoms. The average molecular weight is 692 g/mol. The molecule has 0 aliphatic carbocycles. The van der Waals surface area contributed by atoms with Gasteiger partial charge >= 0.3 is 12.2 Å². The van der Waals surface area contributed by atoms with Crippen LogP contribution < -0.4 is 5.32 Å². The van der Waals surface area contributed by atoms with Crippen molar-refractivity contribution in [1.82, 2.24) is 39.7 Å². The number of amides is 2. The molecule has 2 aromatic carbocycles. The molecule has 14 nitrogen and oxygen atoms in total. The molecule has 0 spiro atoms. The fraction of sp³-hybridized carbons (Fsp3) is 0.351. The quantitative estimate of drug-likeness (QED) is 0.118. The predicted octanol–water partition coefficient (Wildman–Crippen LogP) is 7.04. The number of rotatable bonds is 9. The number of nitrogens with zero attached hydrogens (tertiary/aromatic N) is 5. The number of benzene rings is 2. The van der Waals surface area contributed by atoms with Crippen molar-refractivity contribution in [3.05, 3.63) is 102 Å². The van der Waals surface area contributed by atoms with Crippen LogP contribution in [0.15, 0.2) is 73.3 Å². The number of imidazole rings is 3. The maximum atomic E-state index is 13.6. The van der Waals surface area contributed by atoms with Gasteiger partial charge in [0.15, 0.2) is 5.69 Å². The summed E-state index contributed by atoms with van der Waals surface area (Å²) in [6, 6.07) is 16.7. The standard InChI is InChI=1S/C37H41N9O5/c1-37(2,3)51-36(49)46-18-8-12-29(46)32-38-19-26(43-32)24-13-15-25(16-14-24)42-34-30(40-22-41-34)31(47)27-20-39-33(44-27)28-11-7-17-45(28)35(48)50-21-23-9-5-4-6-10-23/h4-6,9-10,13-16,19-20,22,28-29,42H,7-8,11-12,17-18,21H2,1-3H3,(H,38,43)(H,39,44)(H,40,41)/t28-,29-/m0/s1. The molecule has 2 aliphatic heterocycles. The topological polar surface area (TPSA) is 174 Å². The molecular weight excluding hydrogens is 650 g/mol. The van der Waals surface area contributed by atoms with Crippen molar-refractivity contribution in [2.24, 2.45) is 0 Å². The van der Waals surface area contributed by atoms with Crippen molar-refractivity contribution in [3.8, 4) is 11.3 Å². The van der Waals surface area contributed by atoms with E-state index in [1.807, 2.05) is 81.6 Å². The number of hydrogen-bond donors (Lipinski definition) is 4. The SMILES string of the molecule is CC(C)(C)OC(=O)N1CCC[C@H]1c1nc(-c2ccc(Nc3[nH]cnc3C(=O)c3c[nH]c([C@@H]4CCCN4C(=O)OCc4ccccc4)n3)cc2)c[nH]1. The molecular formula is C37H41N9O5. The lowest BCUT2D eigenvalue weighted by molar-refractivity contribution is 0.0218. The first-order valence-corrected chi connectivity index (χ1v) is 17.2. The first kappa shape index (κ1) is 33.6. The van der Waals surface area contributed by atoms with Crippen LogP contribution >= 0.6 is 0 Å². The minimum absolute atomic E-state index is 0.171. The first-order valence-electron chi connectivity index (χ1n) is 17.2. The summed E-state index contributed by atoms with van der Waals surface area (Å²) in [5.41, 5.74) is 3.10. The van der Waals surface area contributed by atoms with Crippen LogP contribution in [0.5, 0.6) is 0 Å². The maximum Gasteiger partial charge on any atom is 0.410 e. The molecule has 5 aromatic rings. The molecule has 2 fully saturated rings. The molecule has 7 rings (SSSR count). The van der Waals surface area contributed by atoms with E-state index in [0.29, 0.717) is 31.2 Å². The third kappa shape index (κ3) is 7.49. The normalized spacial score (nSPS) is 17.5. The molecule has 2 saturated heterocycles. The molecule has 0 saturated carbocycles. The van der Waals surface area contributed by atoms with E-state index < -0.39 is 11.7 Å². The van der Waals surface area contributed by atoms with Gasteiger partial charge in [0.2, 0.25) is 5.78 Å². The Morgan fingerprint density at radius 2 is 1.51 bits per heavy atom.